The Kier molecular flexibility index (Phi) is 13.7. The summed E-state index contributed by atoms with van der Waals surface area (Å²) in [7, 11) is 0. The summed E-state index contributed by atoms with van der Waals surface area (Å²) in [4.78, 5) is 101. The Labute approximate surface area is 396 Å². The molecule has 2 aliphatic heterocycles. The maximum Gasteiger partial charge on any atom is 0.294 e. The minimum atomic E-state index is -1.30. The van der Waals surface area contributed by atoms with Crippen molar-refractivity contribution < 1.29 is 42.4 Å². The van der Waals surface area contributed by atoms with Gasteiger partial charge in [0.05, 0.1) is 17.4 Å². The molecule has 0 bridgehead atoms. The van der Waals surface area contributed by atoms with E-state index in [2.05, 4.69) is 26.3 Å². The number of imide groups is 2. The molecule has 3 unspecified atom stereocenters. The third-order valence-corrected chi connectivity index (χ3v) is 12.5. The van der Waals surface area contributed by atoms with Crippen LogP contribution in [0.25, 0.3) is 21.9 Å². The molecular weight excluding hydrogens is 879 g/mol. The van der Waals surface area contributed by atoms with Gasteiger partial charge in [-0.1, -0.05) is 86.3 Å². The second-order valence-corrected chi connectivity index (χ2v) is 17.0. The number of rotatable bonds is 19. The Hall–Kier alpha value is -8.40. The number of fused-ring (bicyclic) bond motifs is 4. The van der Waals surface area contributed by atoms with Gasteiger partial charge in [0.2, 0.25) is 23.6 Å². The normalized spacial score (nSPS) is 15.4. The van der Waals surface area contributed by atoms with E-state index in [1.54, 1.807) is 79.0 Å². The van der Waals surface area contributed by atoms with Crippen molar-refractivity contribution in [2.45, 2.75) is 69.5 Å². The van der Waals surface area contributed by atoms with Crippen LogP contribution in [0, 0.1) is 0 Å². The topological polar surface area (TPSA) is 213 Å². The summed E-state index contributed by atoms with van der Waals surface area (Å²) >= 11 is 0. The van der Waals surface area contributed by atoms with Gasteiger partial charge in [0.1, 0.15) is 29.3 Å². The third-order valence-electron chi connectivity index (χ3n) is 12.5. The number of anilines is 2. The lowest BCUT2D eigenvalue weighted by Gasteiger charge is -2.32. The van der Waals surface area contributed by atoms with Gasteiger partial charge in [-0.2, -0.15) is 0 Å². The Morgan fingerprint density at radius 3 is 2.26 bits per heavy atom. The van der Waals surface area contributed by atoms with Gasteiger partial charge in [-0.25, -0.2) is 0 Å². The van der Waals surface area contributed by atoms with Gasteiger partial charge >= 0.3 is 0 Å². The number of unbranched alkanes of at least 4 members (excludes halogenated alkanes) is 5. The van der Waals surface area contributed by atoms with Gasteiger partial charge in [0, 0.05) is 65.7 Å². The molecular formula is C53H49N7O9. The first-order valence-electron chi connectivity index (χ1n) is 23.1. The molecule has 0 saturated carbocycles. The number of amides is 7. The lowest BCUT2D eigenvalue weighted by Crippen LogP contribution is -2.54. The van der Waals surface area contributed by atoms with Crippen LogP contribution < -0.4 is 26.2 Å². The smallest absolute Gasteiger partial charge is 0.294 e. The summed E-state index contributed by atoms with van der Waals surface area (Å²) in [5.41, 5.74) is 3.48. The van der Waals surface area contributed by atoms with Crippen molar-refractivity contribution in [3.8, 4) is 0 Å². The summed E-state index contributed by atoms with van der Waals surface area (Å²) in [6.45, 7) is 0.930. The molecule has 2 aliphatic rings. The first-order valence-corrected chi connectivity index (χ1v) is 23.1. The van der Waals surface area contributed by atoms with E-state index in [-0.39, 0.29) is 29.7 Å². The van der Waals surface area contributed by atoms with Crippen LogP contribution in [-0.2, 0) is 19.2 Å². The monoisotopic (exact) mass is 927 g/mol. The van der Waals surface area contributed by atoms with Crippen LogP contribution in [0.1, 0.15) is 106 Å². The maximum absolute atomic E-state index is 14.9. The number of hydrogen-bond donors (Lipinski definition) is 4. The molecule has 7 amide bonds. The predicted octanol–water partition coefficient (Wildman–Crippen LogP) is 7.79. The molecule has 350 valence electrons. The second-order valence-electron chi connectivity index (χ2n) is 17.0. The molecule has 0 radical (unpaired) electrons. The number of para-hydroxylation sites is 1. The number of nitrogens with zero attached hydrogens (tertiary/aromatic N) is 3. The summed E-state index contributed by atoms with van der Waals surface area (Å²) in [6, 6.07) is 29.9. The van der Waals surface area contributed by atoms with Crippen LogP contribution in [0.2, 0.25) is 0 Å². The molecule has 16 heteroatoms. The molecule has 9 rings (SSSR count). The minimum Gasteiger partial charge on any atom is -0.459 e. The van der Waals surface area contributed by atoms with Gasteiger partial charge in [-0.3, -0.25) is 53.7 Å². The fourth-order valence-corrected chi connectivity index (χ4v) is 9.05. The quantitative estimate of drug-likeness (QED) is 0.0454. The molecule has 69 heavy (non-hydrogen) atoms. The summed E-state index contributed by atoms with van der Waals surface area (Å²) in [5, 5.41) is 13.2. The maximum atomic E-state index is 14.9. The van der Waals surface area contributed by atoms with Crippen LogP contribution in [-0.4, -0.2) is 70.4 Å². The van der Waals surface area contributed by atoms with Gasteiger partial charge in [0.25, 0.3) is 17.7 Å². The third kappa shape index (κ3) is 9.72. The standard InChI is InChI=1S/C53H49N7O9/c61-44-26-25-40(48(62)57-44)60-51(65)38-19-12-20-39(45(38)53(60)67)55-28-10-3-1-2-4-11-29-56-49(63)46(33-15-6-5-7-16-33)58-50(64)47(34-17-13-27-54-32-34)59(52(66)42-22-14-30-68-42)35-23-24-37-36-18-8-9-21-41(36)69-43(37)31-35/h5-9,12-24,27,30-32,40,46-47,55H,1-4,10-11,25-26,28-29H2,(H,56,63)(H,58,64)(H,57,61,62). The van der Waals surface area contributed by atoms with E-state index in [1.807, 2.05) is 36.4 Å². The fraction of sp³-hybridized carbons (Fsp3) is 0.245. The molecule has 0 aliphatic carbocycles. The SMILES string of the molecule is O=C1CCC(N2C(=O)c3cccc(NCCCCCCCCNC(=O)C(NC(=O)C(c4cccnc4)N(C(=O)c4ccco4)c4ccc5c(c4)oc4ccccc45)c4ccccc4)c3C2=O)C(=O)N1. The number of carbonyl (C=O) groups is 7. The van der Waals surface area contributed by atoms with Gasteiger partial charge in [-0.15, -0.1) is 0 Å². The Morgan fingerprint density at radius 1 is 0.739 bits per heavy atom. The summed E-state index contributed by atoms with van der Waals surface area (Å²) in [6.07, 6.45) is 9.70. The first-order chi connectivity index (χ1) is 33.7. The van der Waals surface area contributed by atoms with Crippen molar-refractivity contribution >= 4 is 74.7 Å². The zero-order valence-corrected chi connectivity index (χ0v) is 37.5. The zero-order chi connectivity index (χ0) is 47.9. The average molecular weight is 928 g/mol. The van der Waals surface area contributed by atoms with Crippen LogP contribution in [0.15, 0.2) is 143 Å². The molecule has 4 aromatic carbocycles. The molecule has 5 heterocycles. The lowest BCUT2D eigenvalue weighted by atomic mass is 10.0. The van der Waals surface area contributed by atoms with Gasteiger partial charge in [-0.05, 0) is 73.4 Å². The largest absolute Gasteiger partial charge is 0.459 e. The van der Waals surface area contributed by atoms with E-state index in [0.717, 1.165) is 47.8 Å². The van der Waals surface area contributed by atoms with E-state index in [1.165, 1.54) is 23.4 Å². The number of nitrogens with one attached hydrogen (secondary N) is 4. The van der Waals surface area contributed by atoms with Crippen molar-refractivity contribution in [3.05, 3.63) is 162 Å². The van der Waals surface area contributed by atoms with Crippen molar-refractivity contribution in [1.82, 2.24) is 25.8 Å². The van der Waals surface area contributed by atoms with Crippen molar-refractivity contribution in [1.29, 1.82) is 0 Å². The molecule has 1 fully saturated rings. The zero-order valence-electron chi connectivity index (χ0n) is 37.5. The number of aromatic nitrogens is 1. The van der Waals surface area contributed by atoms with Crippen LogP contribution in [0.5, 0.6) is 0 Å². The van der Waals surface area contributed by atoms with Crippen LogP contribution in [0.4, 0.5) is 11.4 Å². The highest BCUT2D eigenvalue weighted by atomic mass is 16.3. The number of furan rings is 2. The number of hydrogen-bond acceptors (Lipinski definition) is 11. The first kappa shape index (κ1) is 45.7. The highest BCUT2D eigenvalue weighted by Gasteiger charge is 2.45. The van der Waals surface area contributed by atoms with Gasteiger partial charge in [0.15, 0.2) is 5.76 Å². The number of benzene rings is 4. The Balaban J connectivity index is 0.813. The molecule has 3 aromatic heterocycles. The molecule has 3 atom stereocenters. The van der Waals surface area contributed by atoms with Crippen molar-refractivity contribution in [2.75, 3.05) is 23.3 Å². The van der Waals surface area contributed by atoms with E-state index < -0.39 is 59.5 Å². The highest BCUT2D eigenvalue weighted by Crippen LogP contribution is 2.37. The van der Waals surface area contributed by atoms with Crippen LogP contribution in [0.3, 0.4) is 0 Å². The van der Waals surface area contributed by atoms with Gasteiger partial charge < -0.3 is 24.8 Å². The summed E-state index contributed by atoms with van der Waals surface area (Å²) < 4.78 is 11.8. The number of pyridine rings is 1. The van der Waals surface area contributed by atoms with E-state index in [4.69, 9.17) is 8.83 Å². The molecule has 0 spiro atoms. The number of piperidine rings is 1. The van der Waals surface area contributed by atoms with E-state index in [0.29, 0.717) is 53.2 Å². The van der Waals surface area contributed by atoms with E-state index in [9.17, 15) is 33.6 Å². The van der Waals surface area contributed by atoms with Crippen molar-refractivity contribution in [2.24, 2.45) is 0 Å². The highest BCUT2D eigenvalue weighted by molar-refractivity contribution is 6.25. The average Bonchev–Trinajstić information content (AvgIpc) is 4.10. The summed E-state index contributed by atoms with van der Waals surface area (Å²) in [5.74, 6) is -3.80. The van der Waals surface area contributed by atoms with Crippen LogP contribution >= 0.6 is 0 Å². The number of carbonyl (C=O) groups excluding carboxylic acids is 7. The van der Waals surface area contributed by atoms with E-state index >= 15 is 0 Å². The Bertz CT molecular complexity index is 3040. The second kappa shape index (κ2) is 20.6. The predicted molar refractivity (Wildman–Crippen MR) is 256 cm³/mol. The fourth-order valence-electron chi connectivity index (χ4n) is 9.05. The lowest BCUT2D eigenvalue weighted by molar-refractivity contribution is -0.136. The minimum absolute atomic E-state index is 0.00324. The van der Waals surface area contributed by atoms with Crippen molar-refractivity contribution in [3.63, 3.8) is 0 Å². The molecule has 7 aromatic rings. The molecule has 16 nitrogen and oxygen atoms in total. The molecule has 1 saturated heterocycles. The Morgan fingerprint density at radius 2 is 1.49 bits per heavy atom. The molecule has 4 N–H and O–H groups in total.